The summed E-state index contributed by atoms with van der Waals surface area (Å²) >= 11 is 0. The lowest BCUT2D eigenvalue weighted by Gasteiger charge is -2.71. The second kappa shape index (κ2) is 41.3. The molecule has 6 unspecified atom stereocenters. The number of carbonyl (C=O) groups excluding carboxylic acids is 4. The second-order valence-corrected chi connectivity index (χ2v) is 40.1. The van der Waals surface area contributed by atoms with Crippen molar-refractivity contribution < 1.29 is 207 Å². The van der Waals surface area contributed by atoms with Gasteiger partial charge in [-0.15, -0.1) is 0 Å². The molecule has 0 bridgehead atoms. The molecule has 48 atom stereocenters. The number of carboxylic acids is 1. The summed E-state index contributed by atoms with van der Waals surface area (Å²) in [6.45, 7) is 19.4. The van der Waals surface area contributed by atoms with Crippen LogP contribution in [0.4, 0.5) is 0 Å². The van der Waals surface area contributed by atoms with Crippen molar-refractivity contribution in [1.29, 1.82) is 0 Å². The van der Waals surface area contributed by atoms with Gasteiger partial charge in [0.25, 0.3) is 0 Å². The Balaban J connectivity index is 0.785. The lowest BCUT2D eigenvalue weighted by molar-refractivity contribution is -0.391. The van der Waals surface area contributed by atoms with E-state index in [1.54, 1.807) is 20.8 Å². The predicted molar refractivity (Wildman–Crippen MR) is 431 cm³/mol. The lowest BCUT2D eigenvalue weighted by Crippen LogP contribution is -2.69. The highest BCUT2D eigenvalue weighted by atomic mass is 16.8. The number of ether oxygens (including phenoxy) is 16. The Morgan fingerprint density at radius 1 is 0.504 bits per heavy atom. The van der Waals surface area contributed by atoms with Gasteiger partial charge in [-0.2, -0.15) is 0 Å². The third kappa shape index (κ3) is 20.2. The summed E-state index contributed by atoms with van der Waals surface area (Å²) in [4.78, 5) is 71.7. The van der Waals surface area contributed by atoms with Crippen molar-refractivity contribution in [2.24, 2.45) is 62.1 Å². The van der Waals surface area contributed by atoms with Gasteiger partial charge in [0, 0.05) is 12.8 Å². The number of aliphatic hydroxyl groups is 20. The fourth-order valence-electron chi connectivity index (χ4n) is 22.9. The van der Waals surface area contributed by atoms with E-state index in [2.05, 4.69) is 26.8 Å². The quantitative estimate of drug-likeness (QED) is 0.00999. The zero-order valence-corrected chi connectivity index (χ0v) is 74.9. The molecule has 740 valence electrons. The number of rotatable bonds is 32. The summed E-state index contributed by atoms with van der Waals surface area (Å²) in [5.74, 6) is -7.05. The van der Waals surface area contributed by atoms with Gasteiger partial charge in [0.05, 0.1) is 87.4 Å². The van der Waals surface area contributed by atoms with Crippen LogP contribution in [0.5, 0.6) is 0 Å². The molecule has 21 N–H and O–H groups in total. The van der Waals surface area contributed by atoms with Crippen molar-refractivity contribution in [3.63, 3.8) is 0 Å². The van der Waals surface area contributed by atoms with Gasteiger partial charge in [-0.25, -0.2) is 4.79 Å². The van der Waals surface area contributed by atoms with Crippen LogP contribution in [0, 0.1) is 62.1 Å². The summed E-state index contributed by atoms with van der Waals surface area (Å²) in [5, 5.41) is 233. The molecule has 0 aromatic carbocycles. The van der Waals surface area contributed by atoms with Crippen LogP contribution < -0.4 is 0 Å². The first-order chi connectivity index (χ1) is 60.5. The van der Waals surface area contributed by atoms with Gasteiger partial charge in [0.1, 0.15) is 140 Å². The van der Waals surface area contributed by atoms with E-state index in [0.29, 0.717) is 51.4 Å². The van der Waals surface area contributed by atoms with Crippen LogP contribution in [-0.2, 0) is 99.8 Å². The van der Waals surface area contributed by atoms with Crippen molar-refractivity contribution in [3.05, 3.63) is 11.6 Å². The Bertz CT molecular complexity index is 3790. The van der Waals surface area contributed by atoms with E-state index in [-0.39, 0.29) is 43.9 Å². The van der Waals surface area contributed by atoms with E-state index >= 15 is 4.79 Å². The van der Waals surface area contributed by atoms with E-state index in [1.165, 1.54) is 13.8 Å². The lowest BCUT2D eigenvalue weighted by atomic mass is 9.33. The molecule has 12 aliphatic rings. The van der Waals surface area contributed by atoms with Crippen LogP contribution in [-0.4, -0.2) is 397 Å². The summed E-state index contributed by atoms with van der Waals surface area (Å²) in [5.41, 5.74) is -5.35. The highest BCUT2D eigenvalue weighted by Crippen LogP contribution is 2.76. The van der Waals surface area contributed by atoms with E-state index < -0.39 is 347 Å². The molecule has 129 heavy (non-hydrogen) atoms. The molecule has 0 amide bonds. The molecule has 5 aliphatic carbocycles. The third-order valence-electron chi connectivity index (χ3n) is 31.4. The van der Waals surface area contributed by atoms with Crippen molar-refractivity contribution >= 4 is 30.2 Å². The van der Waals surface area contributed by atoms with Gasteiger partial charge < -0.3 is 188 Å². The molecule has 12 rings (SSSR count). The summed E-state index contributed by atoms with van der Waals surface area (Å²) < 4.78 is 96.6. The highest BCUT2D eigenvalue weighted by Gasteiger charge is 2.73. The van der Waals surface area contributed by atoms with Crippen molar-refractivity contribution in [2.45, 2.75) is 413 Å². The molecule has 42 nitrogen and oxygen atoms in total. The van der Waals surface area contributed by atoms with Gasteiger partial charge >= 0.3 is 23.9 Å². The van der Waals surface area contributed by atoms with Crippen LogP contribution in [0.1, 0.15) is 179 Å². The molecule has 0 aromatic heterocycles. The fourth-order valence-corrected chi connectivity index (χ4v) is 22.9. The standard InChI is InChI=1S/C87H140O42/c1-13-34(3)44(118-52(96)25-39(92)24-45(35(4)14-2)119-77-62(106)57(101)47(30-89)120-77)23-38(91)26-53(97)123-68-37(6)117-79(71(65(68)109)127-76-64(108)59(103)67(36(5)116-76)124-74-60(104)54(98)42(93)31-114-74)129-81(113)87-22-21-82(7,8)27-41(87)40-15-16-49-83(9)19-18-51(84(10,33-90)48(83)17-20-85(49,11)86(40,12)28-50(87)95)122-80-72(128-78-63(107)58(102)56(100)46(29-88)121-78)69(66(110)70(126-80)73(111)112)125-75-61(105)55(99)43(94)32-115-75/h15,33-39,41-51,54-72,74-80,88-89,91-95,98-110H,13-14,16-32H2,1-12H3,(H,111,112)/t34?,35?,36-,37-,38?,39?,41-,42+,43+,44?,45?,46+,47-,48+,49+,50+,51-,54-,55-,56-,57-,58-,59-,60+,61+,62+,63+,64+,65+,66-,67-,68+,69-,70-,71-,72+,74-,75-,76-,77+,78-,79+,80+,83-,84-,85+,86+,87+/m0/s1. The van der Waals surface area contributed by atoms with Crippen LogP contribution in [0.15, 0.2) is 11.6 Å². The average Bonchev–Trinajstić information content (AvgIpc) is 1.04. The van der Waals surface area contributed by atoms with Crippen LogP contribution in [0.25, 0.3) is 0 Å². The Labute approximate surface area is 747 Å². The number of esters is 3. The molecule has 7 aliphatic heterocycles. The number of carboxylic acid groups (broad SMARTS) is 1. The van der Waals surface area contributed by atoms with Crippen molar-refractivity contribution in [1.82, 2.24) is 0 Å². The van der Waals surface area contributed by atoms with Gasteiger partial charge in [-0.05, 0) is 123 Å². The normalized spacial score (nSPS) is 48.4. The number of hydrogen-bond donors (Lipinski definition) is 21. The van der Waals surface area contributed by atoms with Crippen molar-refractivity contribution in [2.75, 3.05) is 26.4 Å². The Morgan fingerprint density at radius 2 is 1.02 bits per heavy atom. The van der Waals surface area contributed by atoms with Gasteiger partial charge in [0.2, 0.25) is 6.29 Å². The molecule has 7 saturated heterocycles. The van der Waals surface area contributed by atoms with Crippen LogP contribution >= 0.6 is 0 Å². The van der Waals surface area contributed by atoms with Gasteiger partial charge in [-0.1, -0.05) is 93.7 Å². The summed E-state index contributed by atoms with van der Waals surface area (Å²) in [6, 6.07) is 0. The number of aliphatic carboxylic acids is 1. The maximum atomic E-state index is 16.2. The number of aldehydes is 1. The molecular weight excluding hydrogens is 1720 g/mol. The van der Waals surface area contributed by atoms with E-state index in [4.69, 9.17) is 75.8 Å². The first-order valence-electron chi connectivity index (χ1n) is 45.4. The first kappa shape index (κ1) is 104. The molecular formula is C87H140O42. The van der Waals surface area contributed by atoms with E-state index in [0.717, 1.165) is 11.9 Å². The minimum atomic E-state index is -2.25. The van der Waals surface area contributed by atoms with E-state index in [9.17, 15) is 126 Å². The molecule has 0 radical (unpaired) electrons. The van der Waals surface area contributed by atoms with Crippen LogP contribution in [0.3, 0.4) is 0 Å². The number of fused-ring (bicyclic) bond motifs is 7. The SMILES string of the molecule is CCC(C)C(CC(O)CC(=O)O[C@H]1[C@@H](O)[C@H](O[C@@H]2O[C@@H](C)[C@H](O[C@@H]3OC[C@@H](O)[C@H](O)[C@H]3O)[C@@H](O)[C@H]2O)[C@@H](OC(=O)[C@]23CCC(C)(C)C[C@H]2C2=CC[C@@H]4[C@@]5(C)CC[C@H](O[C@@H]6O[C@H](C(=O)O)[C@@H](O)[C@H](O[C@@H]7OC[C@@H](O)[C@H](O)[C@H]7O)[C@H]6O[C@@H]6O[C@H](CO)[C@H](O)[C@H](O)[C@H]6O)[C@@](C)(C=O)[C@@H]5CC[C@@]4(C)[C@]2(C)C[C@H]3O)O[C@H]1C)OC(=O)CC(O)CC(O[C@@H]1O[C@@H](CO)[C@H](O)[C@H]1O)C(C)CC. The number of allylic oxidation sites excluding steroid dienone is 2. The minimum Gasteiger partial charge on any atom is -0.479 e. The largest absolute Gasteiger partial charge is 0.479 e. The monoisotopic (exact) mass is 1860 g/mol. The molecule has 42 heteroatoms. The Morgan fingerprint density at radius 3 is 1.62 bits per heavy atom. The number of aliphatic hydroxyl groups excluding tert-OH is 20. The minimum absolute atomic E-state index is 0.0335. The van der Waals surface area contributed by atoms with Crippen molar-refractivity contribution in [3.8, 4) is 0 Å². The Hall–Kier alpha value is -4.03. The molecule has 7 heterocycles. The second-order valence-electron chi connectivity index (χ2n) is 40.1. The fraction of sp³-hybridized carbons (Fsp3) is 0.920. The molecule has 0 spiro atoms. The zero-order chi connectivity index (χ0) is 94.9. The third-order valence-corrected chi connectivity index (χ3v) is 31.4. The zero-order valence-electron chi connectivity index (χ0n) is 74.9. The number of carbonyl (C=O) groups is 5. The number of hydrogen-bond acceptors (Lipinski definition) is 41. The van der Waals surface area contributed by atoms with E-state index in [1.807, 2.05) is 27.7 Å². The van der Waals surface area contributed by atoms with Gasteiger partial charge in [0.15, 0.2) is 56.1 Å². The molecule has 4 saturated carbocycles. The summed E-state index contributed by atoms with van der Waals surface area (Å²) in [6.07, 6.45) is -61.3. The first-order valence-corrected chi connectivity index (χ1v) is 45.4. The molecule has 11 fully saturated rings. The average molecular weight is 1860 g/mol. The summed E-state index contributed by atoms with van der Waals surface area (Å²) in [7, 11) is 0. The molecule has 0 aromatic rings. The predicted octanol–water partition coefficient (Wildman–Crippen LogP) is -4.15. The van der Waals surface area contributed by atoms with Gasteiger partial charge in [-0.3, -0.25) is 14.4 Å². The topological polar surface area (TPSA) is 658 Å². The maximum Gasteiger partial charge on any atom is 0.335 e. The maximum absolute atomic E-state index is 16.2. The Kier molecular flexibility index (Phi) is 33.3. The van der Waals surface area contributed by atoms with Crippen LogP contribution in [0.2, 0.25) is 0 Å². The smallest absolute Gasteiger partial charge is 0.335 e. The highest BCUT2D eigenvalue weighted by molar-refractivity contribution is 5.80.